The van der Waals surface area contributed by atoms with Crippen molar-refractivity contribution in [3.63, 3.8) is 0 Å². The molecule has 0 unspecified atom stereocenters. The van der Waals surface area contributed by atoms with Crippen molar-refractivity contribution in [1.82, 2.24) is 29.9 Å². The van der Waals surface area contributed by atoms with Crippen LogP contribution in [0.25, 0.3) is 33.4 Å². The zero-order valence-corrected chi connectivity index (χ0v) is 19.9. The number of carbonyl (C=O) groups is 1. The minimum Gasteiger partial charge on any atom is -0.350 e. The molecular weight excluding hydrogens is 485 g/mol. The van der Waals surface area contributed by atoms with Crippen molar-refractivity contribution >= 4 is 34.2 Å². The molecule has 0 radical (unpaired) electrons. The minimum absolute atomic E-state index is 0.0443. The summed E-state index contributed by atoms with van der Waals surface area (Å²) in [5.41, 5.74) is 4.75. The average Bonchev–Trinajstić information content (AvgIpc) is 3.72. The van der Waals surface area contributed by atoms with Crippen LogP contribution in [0.4, 0.5) is 15.9 Å². The van der Waals surface area contributed by atoms with Gasteiger partial charge in [0.25, 0.3) is 0 Å². The average molecular weight is 506 g/mol. The second kappa shape index (κ2) is 8.80. The van der Waals surface area contributed by atoms with Crippen LogP contribution in [0.2, 0.25) is 0 Å². The fourth-order valence-corrected chi connectivity index (χ4v) is 4.52. The van der Waals surface area contributed by atoms with Crippen LogP contribution in [0.15, 0.2) is 66.4 Å². The molecule has 1 amide bonds. The lowest BCUT2D eigenvalue weighted by Crippen LogP contribution is -2.21. The lowest BCUT2D eigenvalue weighted by atomic mass is 10.0. The number of aliphatic imine (C=N–C) groups is 1. The van der Waals surface area contributed by atoms with Crippen LogP contribution < -0.4 is 10.6 Å². The molecule has 38 heavy (non-hydrogen) atoms. The number of rotatable bonds is 5. The fourth-order valence-electron chi connectivity index (χ4n) is 4.52. The summed E-state index contributed by atoms with van der Waals surface area (Å²) in [5.74, 6) is 0.269. The summed E-state index contributed by atoms with van der Waals surface area (Å²) >= 11 is 0. The zero-order chi connectivity index (χ0) is 25.6. The molecule has 0 aromatic carbocycles. The van der Waals surface area contributed by atoms with Gasteiger partial charge in [-0.2, -0.15) is 0 Å². The number of H-pyrrole nitrogens is 1. The van der Waals surface area contributed by atoms with Crippen LogP contribution in [0, 0.1) is 11.7 Å². The third-order valence-corrected chi connectivity index (χ3v) is 6.58. The van der Waals surface area contributed by atoms with Gasteiger partial charge in [0.05, 0.1) is 28.7 Å². The van der Waals surface area contributed by atoms with E-state index in [0.29, 0.717) is 39.8 Å². The molecule has 0 saturated heterocycles. The maximum atomic E-state index is 16.2. The first-order valence-corrected chi connectivity index (χ1v) is 12.1. The van der Waals surface area contributed by atoms with Crippen molar-refractivity contribution < 1.29 is 9.18 Å². The molecule has 0 bridgehead atoms. The Balaban J connectivity index is 1.30. The summed E-state index contributed by atoms with van der Waals surface area (Å²) < 4.78 is 16.2. The first kappa shape index (κ1) is 22.2. The highest BCUT2D eigenvalue weighted by Gasteiger charge is 2.30. The number of anilines is 2. The molecule has 5 aromatic heterocycles. The summed E-state index contributed by atoms with van der Waals surface area (Å²) in [6.45, 7) is 0.227. The first-order chi connectivity index (χ1) is 18.7. The van der Waals surface area contributed by atoms with Gasteiger partial charge in [0, 0.05) is 53.6 Å². The summed E-state index contributed by atoms with van der Waals surface area (Å²) in [6, 6.07) is 7.23. The van der Waals surface area contributed by atoms with Crippen LogP contribution in [-0.4, -0.2) is 48.2 Å². The number of pyridine rings is 4. The Morgan fingerprint density at radius 2 is 1.87 bits per heavy atom. The Morgan fingerprint density at radius 1 is 1.00 bits per heavy atom. The molecular formula is C27H20FN9O. The molecule has 186 valence electrons. The van der Waals surface area contributed by atoms with Crippen LogP contribution in [0.5, 0.6) is 0 Å². The van der Waals surface area contributed by atoms with Crippen molar-refractivity contribution in [2.24, 2.45) is 10.9 Å². The summed E-state index contributed by atoms with van der Waals surface area (Å²) in [5, 5.41) is 5.90. The van der Waals surface area contributed by atoms with E-state index in [9.17, 15) is 4.79 Å². The molecule has 6 heterocycles. The van der Waals surface area contributed by atoms with E-state index in [4.69, 9.17) is 4.98 Å². The van der Waals surface area contributed by atoms with Crippen molar-refractivity contribution in [2.45, 2.75) is 12.8 Å². The molecule has 1 aliphatic carbocycles. The normalized spacial score (nSPS) is 14.5. The largest absolute Gasteiger partial charge is 0.350 e. The topological polar surface area (TPSA) is 134 Å². The highest BCUT2D eigenvalue weighted by atomic mass is 19.1. The lowest BCUT2D eigenvalue weighted by Gasteiger charge is -2.18. The number of hydrogen-bond donors (Lipinski definition) is 3. The molecule has 5 aromatic rings. The predicted molar refractivity (Wildman–Crippen MR) is 140 cm³/mol. The van der Waals surface area contributed by atoms with Crippen molar-refractivity contribution in [3.05, 3.63) is 78.7 Å². The van der Waals surface area contributed by atoms with Gasteiger partial charge in [0.2, 0.25) is 5.91 Å². The van der Waals surface area contributed by atoms with Gasteiger partial charge in [-0.1, -0.05) is 0 Å². The summed E-state index contributed by atoms with van der Waals surface area (Å²) in [7, 11) is 0. The number of amides is 1. The Kier molecular flexibility index (Phi) is 5.13. The molecule has 0 atom stereocenters. The smallest absolute Gasteiger partial charge is 0.227 e. The monoisotopic (exact) mass is 505 g/mol. The van der Waals surface area contributed by atoms with Gasteiger partial charge in [0.15, 0.2) is 5.82 Å². The molecule has 10 nitrogen and oxygen atoms in total. The van der Waals surface area contributed by atoms with Crippen molar-refractivity contribution in [1.29, 1.82) is 0 Å². The number of nitrogens with one attached hydrogen (secondary N) is 3. The summed E-state index contributed by atoms with van der Waals surface area (Å²) in [6.07, 6.45) is 11.4. The standard InChI is InChI=1S/C27H20FN9O/c28-21-18(16-9-17(11-30-10-16)35-27(38)15-1-2-15)12-32-25-20(21)24(33-13-34-25)26-36-19-5-8-31-22(23(19)37-26)14-3-6-29-7-4-14/h3-12,15H,1-2,13H2,(H,32,34)(H,35,38)(H,36,37). The van der Waals surface area contributed by atoms with E-state index in [2.05, 4.69) is 40.5 Å². The maximum Gasteiger partial charge on any atom is 0.227 e. The lowest BCUT2D eigenvalue weighted by molar-refractivity contribution is -0.117. The van der Waals surface area contributed by atoms with E-state index >= 15 is 4.39 Å². The first-order valence-electron chi connectivity index (χ1n) is 12.1. The van der Waals surface area contributed by atoms with Gasteiger partial charge in [-0.25, -0.2) is 14.4 Å². The van der Waals surface area contributed by atoms with E-state index in [0.717, 1.165) is 23.9 Å². The van der Waals surface area contributed by atoms with Crippen LogP contribution >= 0.6 is 0 Å². The molecule has 3 N–H and O–H groups in total. The van der Waals surface area contributed by atoms with Gasteiger partial charge in [-0.15, -0.1) is 0 Å². The molecule has 1 aliphatic heterocycles. The maximum absolute atomic E-state index is 16.2. The van der Waals surface area contributed by atoms with E-state index in [1.807, 2.05) is 18.2 Å². The predicted octanol–water partition coefficient (Wildman–Crippen LogP) is 4.18. The van der Waals surface area contributed by atoms with Crippen molar-refractivity contribution in [3.8, 4) is 22.4 Å². The number of halogens is 1. The Hall–Kier alpha value is -5.06. The number of imidazole rings is 1. The van der Waals surface area contributed by atoms with Crippen LogP contribution in [-0.2, 0) is 4.79 Å². The Bertz CT molecular complexity index is 1740. The van der Waals surface area contributed by atoms with Gasteiger partial charge >= 0.3 is 0 Å². The summed E-state index contributed by atoms with van der Waals surface area (Å²) in [4.78, 5) is 42.1. The molecule has 11 heteroatoms. The third kappa shape index (κ3) is 3.84. The molecule has 7 rings (SSSR count). The van der Waals surface area contributed by atoms with E-state index in [-0.39, 0.29) is 29.6 Å². The number of nitrogens with zero attached hydrogens (tertiary/aromatic N) is 6. The SMILES string of the molecule is O=C(Nc1cncc(-c2cnc3c(c2F)C(c2nc4c(-c5ccncc5)nccc4[nH]2)=NCN3)c1)C1CC1. The molecule has 0 spiro atoms. The van der Waals surface area contributed by atoms with Gasteiger partial charge in [0.1, 0.15) is 29.5 Å². The molecule has 2 aliphatic rings. The quantitative estimate of drug-likeness (QED) is 0.326. The number of fused-ring (bicyclic) bond motifs is 2. The van der Waals surface area contributed by atoms with Crippen LogP contribution in [0.1, 0.15) is 24.2 Å². The van der Waals surface area contributed by atoms with E-state index in [1.54, 1.807) is 37.1 Å². The van der Waals surface area contributed by atoms with Gasteiger partial charge in [-0.05, 0) is 37.1 Å². The highest BCUT2D eigenvalue weighted by Crippen LogP contribution is 2.34. The molecule has 1 saturated carbocycles. The second-order valence-corrected chi connectivity index (χ2v) is 9.15. The van der Waals surface area contributed by atoms with E-state index < -0.39 is 5.82 Å². The highest BCUT2D eigenvalue weighted by molar-refractivity contribution is 6.16. The number of hydrogen-bond acceptors (Lipinski definition) is 8. The zero-order valence-electron chi connectivity index (χ0n) is 19.9. The molecule has 1 fully saturated rings. The fraction of sp³-hybridized carbons (Fsp3) is 0.148. The van der Waals surface area contributed by atoms with E-state index in [1.165, 1.54) is 6.20 Å². The number of carbonyl (C=O) groups excluding carboxylic acids is 1. The number of aromatic nitrogens is 6. The van der Waals surface area contributed by atoms with Gasteiger partial charge < -0.3 is 15.6 Å². The third-order valence-electron chi connectivity index (χ3n) is 6.58. The second-order valence-electron chi connectivity index (χ2n) is 9.15. The Morgan fingerprint density at radius 3 is 2.71 bits per heavy atom. The van der Waals surface area contributed by atoms with Crippen molar-refractivity contribution in [2.75, 3.05) is 17.3 Å². The number of aromatic amines is 1. The minimum atomic E-state index is -0.513. The van der Waals surface area contributed by atoms with Gasteiger partial charge in [-0.3, -0.25) is 24.7 Å². The van der Waals surface area contributed by atoms with Crippen LogP contribution in [0.3, 0.4) is 0 Å². The Labute approximate surface area is 215 Å².